The highest BCUT2D eigenvalue weighted by Gasteiger charge is 2.43. The van der Waals surface area contributed by atoms with E-state index in [2.05, 4.69) is 19.6 Å². The van der Waals surface area contributed by atoms with Gasteiger partial charge in [-0.15, -0.1) is 4.89 Å². The lowest BCUT2D eigenvalue weighted by atomic mass is 9.95. The molecule has 1 aliphatic carbocycles. The molecule has 1 atom stereocenters. The molecule has 5 rings (SSSR count). The third kappa shape index (κ3) is 6.83. The Bertz CT molecular complexity index is 1580. The Labute approximate surface area is 246 Å². The third-order valence-corrected chi connectivity index (χ3v) is 9.85. The molecule has 4 aromatic rings. The van der Waals surface area contributed by atoms with Crippen molar-refractivity contribution in [2.75, 3.05) is 13.2 Å². The number of benzene rings is 2. The topological polar surface area (TPSA) is 103 Å². The predicted molar refractivity (Wildman–Crippen MR) is 164 cm³/mol. The van der Waals surface area contributed by atoms with Gasteiger partial charge in [0.25, 0.3) is 0 Å². The number of nitrogens with zero attached hydrogens (tertiary/aromatic N) is 2. The normalized spacial score (nSPS) is 14.8. The Morgan fingerprint density at radius 3 is 2.46 bits per heavy atom. The molecule has 2 heterocycles. The van der Waals surface area contributed by atoms with Crippen LogP contribution in [-0.4, -0.2) is 40.8 Å². The zero-order chi connectivity index (χ0) is 29.4. The van der Waals surface area contributed by atoms with Crippen LogP contribution in [0.1, 0.15) is 24.0 Å². The third-order valence-electron chi connectivity index (χ3n) is 7.50. The van der Waals surface area contributed by atoms with Gasteiger partial charge in [0, 0.05) is 42.4 Å². The highest BCUT2D eigenvalue weighted by atomic mass is 35.5. The second-order valence-corrected chi connectivity index (χ2v) is 18.5. The average molecular weight is 614 g/mol. The molecule has 0 saturated heterocycles. The number of rotatable bonds is 12. The van der Waals surface area contributed by atoms with Gasteiger partial charge in [0.2, 0.25) is 5.88 Å². The molecule has 11 heteroatoms. The number of aliphatic hydroxyl groups excluding tert-OH is 1. The number of halogens is 1. The van der Waals surface area contributed by atoms with Crippen LogP contribution >= 0.6 is 19.9 Å². The fourth-order valence-electron chi connectivity index (χ4n) is 4.70. The number of fused-ring (bicyclic) bond motifs is 1. The molecule has 216 valence electrons. The van der Waals surface area contributed by atoms with Gasteiger partial charge in [-0.25, -0.2) is 9.51 Å². The lowest BCUT2D eigenvalue weighted by molar-refractivity contribution is 0.0858. The Morgan fingerprint density at radius 1 is 1.10 bits per heavy atom. The van der Waals surface area contributed by atoms with E-state index in [9.17, 15) is 14.6 Å². The molecule has 1 saturated carbocycles. The number of ether oxygens (including phenoxy) is 2. The number of aryl methyl sites for hydroxylation is 1. The van der Waals surface area contributed by atoms with E-state index in [-0.39, 0.29) is 24.5 Å². The maximum Gasteiger partial charge on any atom is 0.747 e. The average Bonchev–Trinajstić information content (AvgIpc) is 3.65. The van der Waals surface area contributed by atoms with Crippen molar-refractivity contribution >= 4 is 39.0 Å². The minimum atomic E-state index is -2.81. The minimum absolute atomic E-state index is 0.105. The standard InChI is InChI=1S/C30H34ClN2O6PSi/c1-20-5-10-23(15-27(20)39-40(35)36)38-28-17-25-26(33(28)19-37-13-14-41(2,3)4)16-24(31)29(32-25)21-6-8-22(9-7-21)30(18-34)11-12-30/h5-10,15-17,34H,11-14,18-19H2,1-4H3/p+1. The maximum absolute atomic E-state index is 11.3. The van der Waals surface area contributed by atoms with Crippen molar-refractivity contribution in [3.63, 3.8) is 0 Å². The van der Waals surface area contributed by atoms with Crippen LogP contribution in [0.5, 0.6) is 17.4 Å². The van der Waals surface area contributed by atoms with Gasteiger partial charge in [-0.3, -0.25) is 4.57 Å². The van der Waals surface area contributed by atoms with Gasteiger partial charge in [0.05, 0.1) is 28.4 Å². The highest BCUT2D eigenvalue weighted by Crippen LogP contribution is 2.48. The van der Waals surface area contributed by atoms with Gasteiger partial charge in [-0.1, -0.05) is 61.6 Å². The summed E-state index contributed by atoms with van der Waals surface area (Å²) in [5, 5.41) is 10.3. The quantitative estimate of drug-likeness (QED) is 0.0953. The van der Waals surface area contributed by atoms with Crippen LogP contribution in [0.25, 0.3) is 22.3 Å². The van der Waals surface area contributed by atoms with Crippen LogP contribution in [0.4, 0.5) is 0 Å². The summed E-state index contributed by atoms with van der Waals surface area (Å²) in [6.07, 6.45) is 1.99. The second-order valence-electron chi connectivity index (χ2n) is 11.9. The fraction of sp³-hybridized carbons (Fsp3) is 0.367. The zero-order valence-electron chi connectivity index (χ0n) is 23.7. The van der Waals surface area contributed by atoms with E-state index >= 15 is 0 Å². The summed E-state index contributed by atoms with van der Waals surface area (Å²) < 4.78 is 30.6. The fourth-order valence-corrected chi connectivity index (χ4v) is 6.08. The maximum atomic E-state index is 11.3. The molecule has 8 nitrogen and oxygen atoms in total. The van der Waals surface area contributed by atoms with Crippen LogP contribution in [0.15, 0.2) is 54.6 Å². The largest absolute Gasteiger partial charge is 0.747 e. The number of aliphatic hydroxyl groups is 1. The summed E-state index contributed by atoms with van der Waals surface area (Å²) in [5.41, 5.74) is 4.72. The molecule has 0 radical (unpaired) electrons. The van der Waals surface area contributed by atoms with E-state index in [1.54, 1.807) is 25.1 Å². The molecule has 0 bridgehead atoms. The lowest BCUT2D eigenvalue weighted by Gasteiger charge is -2.17. The molecule has 1 unspecified atom stereocenters. The molecular weight excluding hydrogens is 579 g/mol. The van der Waals surface area contributed by atoms with E-state index in [1.807, 2.05) is 41.0 Å². The van der Waals surface area contributed by atoms with Crippen molar-refractivity contribution in [1.82, 2.24) is 9.55 Å². The van der Waals surface area contributed by atoms with Crippen LogP contribution in [0, 0.1) is 6.92 Å². The summed E-state index contributed by atoms with van der Waals surface area (Å²) in [6, 6.07) is 17.9. The van der Waals surface area contributed by atoms with E-state index in [0.29, 0.717) is 40.0 Å². The number of aromatic nitrogens is 2. The van der Waals surface area contributed by atoms with Gasteiger partial charge in [0.1, 0.15) is 12.5 Å². The first kappa shape index (κ1) is 29.7. The van der Waals surface area contributed by atoms with Crippen molar-refractivity contribution in [3.8, 4) is 28.6 Å². The number of hydrogen-bond donors (Lipinski definition) is 2. The summed E-state index contributed by atoms with van der Waals surface area (Å²) in [4.78, 5) is 14.1. The van der Waals surface area contributed by atoms with E-state index in [0.717, 1.165) is 35.5 Å². The molecule has 41 heavy (non-hydrogen) atoms. The molecular formula is C30H35ClN2O6PSi+. The summed E-state index contributed by atoms with van der Waals surface area (Å²) in [6.45, 7) is 9.73. The monoisotopic (exact) mass is 613 g/mol. The van der Waals surface area contributed by atoms with Crippen molar-refractivity contribution in [1.29, 1.82) is 0 Å². The van der Waals surface area contributed by atoms with Gasteiger partial charge in [-0.2, -0.15) is 0 Å². The van der Waals surface area contributed by atoms with Crippen molar-refractivity contribution in [3.05, 3.63) is 70.7 Å². The minimum Gasteiger partial charge on any atom is -0.441 e. The molecule has 0 amide bonds. The molecule has 1 aliphatic rings. The van der Waals surface area contributed by atoms with Crippen LogP contribution in [-0.2, 0) is 21.4 Å². The second kappa shape index (κ2) is 11.8. The van der Waals surface area contributed by atoms with Crippen molar-refractivity contribution < 1.29 is 28.6 Å². The van der Waals surface area contributed by atoms with Crippen LogP contribution < -0.4 is 9.26 Å². The van der Waals surface area contributed by atoms with Gasteiger partial charge in [0.15, 0.2) is 5.75 Å². The van der Waals surface area contributed by atoms with Crippen LogP contribution in [0.3, 0.4) is 0 Å². The van der Waals surface area contributed by atoms with Crippen LogP contribution in [0.2, 0.25) is 30.7 Å². The molecule has 2 N–H and O–H groups in total. The predicted octanol–water partition coefficient (Wildman–Crippen LogP) is 7.82. The Balaban J connectivity index is 1.49. The van der Waals surface area contributed by atoms with Gasteiger partial charge >= 0.3 is 8.25 Å². The zero-order valence-corrected chi connectivity index (χ0v) is 26.3. The smallest absolute Gasteiger partial charge is 0.441 e. The number of hydrogen-bond acceptors (Lipinski definition) is 6. The first-order valence-electron chi connectivity index (χ1n) is 13.6. The summed E-state index contributed by atoms with van der Waals surface area (Å²) in [7, 11) is -4.08. The summed E-state index contributed by atoms with van der Waals surface area (Å²) >= 11 is 6.80. The van der Waals surface area contributed by atoms with Crippen molar-refractivity contribution in [2.45, 2.75) is 57.6 Å². The van der Waals surface area contributed by atoms with E-state index < -0.39 is 16.3 Å². The van der Waals surface area contributed by atoms with Crippen molar-refractivity contribution in [2.24, 2.45) is 0 Å². The number of pyridine rings is 1. The Kier molecular flexibility index (Phi) is 8.58. The summed E-state index contributed by atoms with van der Waals surface area (Å²) in [5.74, 6) is 1.19. The molecule has 2 aromatic heterocycles. The van der Waals surface area contributed by atoms with Gasteiger partial charge < -0.3 is 14.6 Å². The van der Waals surface area contributed by atoms with E-state index in [1.165, 1.54) is 0 Å². The van der Waals surface area contributed by atoms with Gasteiger partial charge in [-0.05, 0) is 49.1 Å². The molecule has 2 aromatic carbocycles. The SMILES string of the molecule is Cc1ccc(Oc2cc3nc(-c4ccc(C5(CO)CC5)cc4)c(Cl)cc3n2COCC[Si](C)(C)C)cc1O[P+](=O)O. The Morgan fingerprint density at radius 2 is 1.83 bits per heavy atom. The highest BCUT2D eigenvalue weighted by molar-refractivity contribution is 7.32. The molecule has 0 aliphatic heterocycles. The lowest BCUT2D eigenvalue weighted by Crippen LogP contribution is -2.22. The Hall–Kier alpha value is -2.78. The first-order valence-corrected chi connectivity index (χ1v) is 18.8. The molecule has 0 spiro atoms. The van der Waals surface area contributed by atoms with E-state index in [4.69, 9.17) is 30.6 Å². The molecule has 1 fully saturated rings. The first-order chi connectivity index (χ1) is 19.5.